The van der Waals surface area contributed by atoms with Crippen molar-refractivity contribution in [2.75, 3.05) is 20.3 Å². The van der Waals surface area contributed by atoms with Crippen molar-refractivity contribution >= 4 is 11.9 Å². The molecule has 1 aromatic carbocycles. The molecule has 9 heteroatoms. The first-order valence-corrected chi connectivity index (χ1v) is 8.47. The lowest BCUT2D eigenvalue weighted by Crippen LogP contribution is -2.50. The number of carboxylic acid groups (broad SMARTS) is 1. The molecular weight excluding hydrogens is 367 g/mol. The zero-order valence-corrected chi connectivity index (χ0v) is 15.1. The number of benzene rings is 1. The van der Waals surface area contributed by atoms with E-state index in [1.54, 1.807) is 6.07 Å². The number of alkyl halides is 3. The van der Waals surface area contributed by atoms with Gasteiger partial charge in [0.2, 0.25) is 5.91 Å². The van der Waals surface area contributed by atoms with Crippen molar-refractivity contribution in [2.24, 2.45) is 0 Å². The molecule has 0 aromatic heterocycles. The number of hydrogen-bond acceptors (Lipinski definition) is 4. The second kappa shape index (κ2) is 8.06. The molecule has 0 saturated carbocycles. The highest BCUT2D eigenvalue weighted by molar-refractivity contribution is 5.87. The predicted octanol–water partition coefficient (Wildman–Crippen LogP) is 3.03. The van der Waals surface area contributed by atoms with E-state index in [-0.39, 0.29) is 23.8 Å². The Bertz CT molecular complexity index is 707. The number of aliphatic carboxylic acids is 1. The van der Waals surface area contributed by atoms with Gasteiger partial charge < -0.3 is 19.5 Å². The normalized spacial score (nSPS) is 19.8. The summed E-state index contributed by atoms with van der Waals surface area (Å²) in [5.41, 5.74) is -0.514. The SMILES string of the molecule is COc1cc(CCC(=O)N2CCCC2(C)C(=O)O)ccc1OCC(F)(F)F. The molecule has 6 nitrogen and oxygen atoms in total. The van der Waals surface area contributed by atoms with Gasteiger partial charge in [0.1, 0.15) is 5.54 Å². The maximum atomic E-state index is 12.5. The summed E-state index contributed by atoms with van der Waals surface area (Å²) in [6.07, 6.45) is -3.01. The lowest BCUT2D eigenvalue weighted by atomic mass is 9.98. The fourth-order valence-electron chi connectivity index (χ4n) is 3.12. The molecule has 1 aliphatic rings. The Kier molecular flexibility index (Phi) is 6.22. The van der Waals surface area contributed by atoms with Crippen molar-refractivity contribution in [3.8, 4) is 11.5 Å². The Labute approximate surface area is 154 Å². The van der Waals surface area contributed by atoms with E-state index in [0.717, 1.165) is 0 Å². The van der Waals surface area contributed by atoms with E-state index in [9.17, 15) is 27.9 Å². The molecule has 27 heavy (non-hydrogen) atoms. The van der Waals surface area contributed by atoms with E-state index in [1.165, 1.54) is 31.1 Å². The first-order valence-electron chi connectivity index (χ1n) is 8.47. The van der Waals surface area contributed by atoms with Crippen molar-refractivity contribution in [3.05, 3.63) is 23.8 Å². The number of amides is 1. The van der Waals surface area contributed by atoms with E-state index in [0.29, 0.717) is 31.4 Å². The average molecular weight is 389 g/mol. The van der Waals surface area contributed by atoms with Gasteiger partial charge in [0.25, 0.3) is 0 Å². The number of methoxy groups -OCH3 is 1. The van der Waals surface area contributed by atoms with Crippen molar-refractivity contribution in [3.63, 3.8) is 0 Å². The number of aryl methyl sites for hydroxylation is 1. The van der Waals surface area contributed by atoms with Crippen LogP contribution in [-0.2, 0) is 16.0 Å². The van der Waals surface area contributed by atoms with Gasteiger partial charge >= 0.3 is 12.1 Å². The number of likely N-dealkylation sites (tertiary alicyclic amines) is 1. The Morgan fingerprint density at radius 1 is 1.30 bits per heavy atom. The van der Waals surface area contributed by atoms with Gasteiger partial charge in [-0.1, -0.05) is 6.07 Å². The third-order valence-corrected chi connectivity index (χ3v) is 4.65. The summed E-state index contributed by atoms with van der Waals surface area (Å²) >= 11 is 0. The molecule has 1 heterocycles. The van der Waals surface area contributed by atoms with Crippen molar-refractivity contribution in [1.29, 1.82) is 0 Å². The van der Waals surface area contributed by atoms with Crippen LogP contribution < -0.4 is 9.47 Å². The summed E-state index contributed by atoms with van der Waals surface area (Å²) in [4.78, 5) is 25.3. The van der Waals surface area contributed by atoms with Crippen LogP contribution in [0.4, 0.5) is 13.2 Å². The van der Waals surface area contributed by atoms with Crippen LogP contribution in [0.5, 0.6) is 11.5 Å². The van der Waals surface area contributed by atoms with Gasteiger partial charge in [0, 0.05) is 13.0 Å². The van der Waals surface area contributed by atoms with Gasteiger partial charge in [-0.05, 0) is 43.9 Å². The van der Waals surface area contributed by atoms with E-state index >= 15 is 0 Å². The molecule has 0 radical (unpaired) electrons. The minimum absolute atomic E-state index is 0.0390. The highest BCUT2D eigenvalue weighted by Crippen LogP contribution is 2.32. The molecule has 1 N–H and O–H groups in total. The van der Waals surface area contributed by atoms with E-state index < -0.39 is 24.3 Å². The van der Waals surface area contributed by atoms with Gasteiger partial charge in [-0.25, -0.2) is 4.79 Å². The molecule has 1 amide bonds. The van der Waals surface area contributed by atoms with Gasteiger partial charge in [-0.3, -0.25) is 4.79 Å². The molecule has 1 unspecified atom stereocenters. The lowest BCUT2D eigenvalue weighted by Gasteiger charge is -2.31. The average Bonchev–Trinajstić information content (AvgIpc) is 3.00. The van der Waals surface area contributed by atoms with Crippen LogP contribution in [-0.4, -0.2) is 53.9 Å². The zero-order chi connectivity index (χ0) is 20.2. The fraction of sp³-hybridized carbons (Fsp3) is 0.556. The molecule has 0 bridgehead atoms. The van der Waals surface area contributed by atoms with Crippen molar-refractivity contribution < 1.29 is 37.3 Å². The maximum Gasteiger partial charge on any atom is 0.422 e. The summed E-state index contributed by atoms with van der Waals surface area (Å²) in [6.45, 7) is 0.509. The third-order valence-electron chi connectivity index (χ3n) is 4.65. The fourth-order valence-corrected chi connectivity index (χ4v) is 3.12. The van der Waals surface area contributed by atoms with E-state index in [2.05, 4.69) is 0 Å². The number of carbonyl (C=O) groups is 2. The molecule has 1 aromatic rings. The Balaban J connectivity index is 2.01. The molecule has 2 rings (SSSR count). The Hall–Kier alpha value is -2.45. The standard InChI is InChI=1S/C18H22F3NO5/c1-17(16(24)25)8-3-9-22(17)15(23)7-5-12-4-6-13(14(10-12)26-2)27-11-18(19,20)21/h4,6,10H,3,5,7-9,11H2,1-2H3,(H,24,25). The summed E-state index contributed by atoms with van der Waals surface area (Å²) in [5, 5.41) is 9.38. The molecule has 1 atom stereocenters. The highest BCUT2D eigenvalue weighted by atomic mass is 19.4. The molecule has 0 aliphatic carbocycles. The molecule has 1 saturated heterocycles. The van der Waals surface area contributed by atoms with Gasteiger partial charge in [0.15, 0.2) is 18.1 Å². The van der Waals surface area contributed by atoms with Crippen LogP contribution in [0.15, 0.2) is 18.2 Å². The summed E-state index contributed by atoms with van der Waals surface area (Å²) < 4.78 is 46.6. The van der Waals surface area contributed by atoms with Crippen molar-refractivity contribution in [2.45, 2.75) is 44.3 Å². The monoisotopic (exact) mass is 389 g/mol. The number of rotatable bonds is 7. The van der Waals surface area contributed by atoms with Crippen molar-refractivity contribution in [1.82, 2.24) is 4.90 Å². The number of nitrogens with zero attached hydrogens (tertiary/aromatic N) is 1. The number of carbonyl (C=O) groups excluding carboxylic acids is 1. The van der Waals surface area contributed by atoms with Crippen LogP contribution in [0.3, 0.4) is 0 Å². The Morgan fingerprint density at radius 3 is 2.59 bits per heavy atom. The molecular formula is C18H22F3NO5. The summed E-state index contributed by atoms with van der Waals surface area (Å²) in [5.74, 6) is -1.20. The second-order valence-corrected chi connectivity index (χ2v) is 6.62. The second-order valence-electron chi connectivity index (χ2n) is 6.62. The van der Waals surface area contributed by atoms with Crippen LogP contribution in [0, 0.1) is 0 Å². The first kappa shape index (κ1) is 20.9. The zero-order valence-electron chi connectivity index (χ0n) is 15.1. The maximum absolute atomic E-state index is 12.5. The lowest BCUT2D eigenvalue weighted by molar-refractivity contribution is -0.155. The molecule has 0 spiro atoms. The number of carboxylic acids is 1. The van der Waals surface area contributed by atoms with Gasteiger partial charge in [-0.15, -0.1) is 0 Å². The molecule has 1 aliphatic heterocycles. The Morgan fingerprint density at radius 2 is 2.00 bits per heavy atom. The smallest absolute Gasteiger partial charge is 0.422 e. The van der Waals surface area contributed by atoms with Gasteiger partial charge in [-0.2, -0.15) is 13.2 Å². The first-order chi connectivity index (χ1) is 12.6. The molecule has 1 fully saturated rings. The topological polar surface area (TPSA) is 76.1 Å². The summed E-state index contributed by atoms with van der Waals surface area (Å²) in [6, 6.07) is 4.43. The van der Waals surface area contributed by atoms with Crippen LogP contribution in [0.25, 0.3) is 0 Å². The minimum atomic E-state index is -4.46. The largest absolute Gasteiger partial charge is 0.493 e. The summed E-state index contributed by atoms with van der Waals surface area (Å²) in [7, 11) is 1.31. The molecule has 150 valence electrons. The number of halogens is 3. The number of hydrogen-bond donors (Lipinski definition) is 1. The predicted molar refractivity (Wildman–Crippen MR) is 89.9 cm³/mol. The van der Waals surface area contributed by atoms with E-state index in [4.69, 9.17) is 9.47 Å². The van der Waals surface area contributed by atoms with Crippen LogP contribution in [0.1, 0.15) is 31.7 Å². The van der Waals surface area contributed by atoms with E-state index in [1.807, 2.05) is 0 Å². The minimum Gasteiger partial charge on any atom is -0.493 e. The van der Waals surface area contributed by atoms with Gasteiger partial charge in [0.05, 0.1) is 7.11 Å². The van der Waals surface area contributed by atoms with Crippen LogP contribution in [0.2, 0.25) is 0 Å². The van der Waals surface area contributed by atoms with Crippen LogP contribution >= 0.6 is 0 Å². The third kappa shape index (κ3) is 5.05. The highest BCUT2D eigenvalue weighted by Gasteiger charge is 2.45. The number of ether oxygens (including phenoxy) is 2. The quantitative estimate of drug-likeness (QED) is 0.776.